The topological polar surface area (TPSA) is 0 Å². The van der Waals surface area contributed by atoms with E-state index in [2.05, 4.69) is 53.9 Å². The van der Waals surface area contributed by atoms with E-state index < -0.39 is 0 Å². The first kappa shape index (κ1) is 9.48. The van der Waals surface area contributed by atoms with E-state index >= 15 is 0 Å². The van der Waals surface area contributed by atoms with E-state index in [9.17, 15) is 0 Å². The van der Waals surface area contributed by atoms with E-state index in [1.165, 1.54) is 11.1 Å². The van der Waals surface area contributed by atoms with Crippen LogP contribution in [0.4, 0.5) is 0 Å². The van der Waals surface area contributed by atoms with Gasteiger partial charge in [0.05, 0.1) is 0 Å². The van der Waals surface area contributed by atoms with Gasteiger partial charge in [-0.2, -0.15) is 0 Å². The summed E-state index contributed by atoms with van der Waals surface area (Å²) in [6.45, 7) is 8.08. The summed E-state index contributed by atoms with van der Waals surface area (Å²) in [6, 6.07) is 8.47. The summed E-state index contributed by atoms with van der Waals surface area (Å²) >= 11 is 0. The molecule has 1 aromatic carbocycles. The summed E-state index contributed by atoms with van der Waals surface area (Å²) in [5.41, 5.74) is 2.51. The zero-order chi connectivity index (χ0) is 9.19. The van der Waals surface area contributed by atoms with Crippen molar-refractivity contribution in [3.8, 4) is 0 Å². The van der Waals surface area contributed by atoms with Crippen molar-refractivity contribution < 1.29 is 0 Å². The van der Waals surface area contributed by atoms with Crippen LogP contribution < -0.4 is 0 Å². The third-order valence-corrected chi connectivity index (χ3v) is 2.22. The van der Waals surface area contributed by atoms with Gasteiger partial charge in [0.15, 0.2) is 0 Å². The summed E-state index contributed by atoms with van der Waals surface area (Å²) in [6.07, 6.45) is 1.86. The fourth-order valence-electron chi connectivity index (χ4n) is 1.05. The molecule has 0 radical (unpaired) electrons. The maximum Gasteiger partial charge on any atom is 0.00413 e. The molecule has 0 fully saturated rings. The lowest BCUT2D eigenvalue weighted by Crippen LogP contribution is -2.05. The third-order valence-electron chi connectivity index (χ3n) is 1.89. The van der Waals surface area contributed by atoms with Crippen LogP contribution >= 0.6 is 9.24 Å². The number of hydrogen-bond donors (Lipinski definition) is 0. The standard InChI is InChI=1S/C11H15P/c1-4-9-5-7-10(8-6-9)11(2,3)12/h4-8H,1,12H2,2-3H3. The van der Waals surface area contributed by atoms with Gasteiger partial charge in [-0.15, -0.1) is 9.24 Å². The third kappa shape index (κ3) is 2.19. The molecule has 0 spiro atoms. The molecule has 0 amide bonds. The summed E-state index contributed by atoms with van der Waals surface area (Å²) in [5, 5.41) is 0.166. The number of hydrogen-bond acceptors (Lipinski definition) is 0. The second-order valence-electron chi connectivity index (χ2n) is 3.55. The lowest BCUT2D eigenvalue weighted by Gasteiger charge is -2.18. The largest absolute Gasteiger partial charge is 0.127 e. The molecule has 12 heavy (non-hydrogen) atoms. The van der Waals surface area contributed by atoms with Gasteiger partial charge in [-0.3, -0.25) is 0 Å². The highest BCUT2D eigenvalue weighted by molar-refractivity contribution is 7.18. The Labute approximate surface area is 76.9 Å². The molecule has 0 aromatic heterocycles. The van der Waals surface area contributed by atoms with Crippen molar-refractivity contribution in [3.63, 3.8) is 0 Å². The molecule has 1 aromatic rings. The molecular formula is C11H15P. The fraction of sp³-hybridized carbons (Fsp3) is 0.273. The molecule has 64 valence electrons. The highest BCUT2D eigenvalue weighted by Crippen LogP contribution is 2.29. The Bertz CT molecular complexity index is 264. The van der Waals surface area contributed by atoms with Crippen LogP contribution in [0.2, 0.25) is 0 Å². The Morgan fingerprint density at radius 1 is 1.25 bits per heavy atom. The fourth-order valence-corrected chi connectivity index (χ4v) is 1.24. The molecule has 0 N–H and O–H groups in total. The molecule has 1 atom stereocenters. The van der Waals surface area contributed by atoms with Crippen molar-refractivity contribution in [1.29, 1.82) is 0 Å². The van der Waals surface area contributed by atoms with Crippen LogP contribution in [0.15, 0.2) is 30.8 Å². The first-order valence-corrected chi connectivity index (χ1v) is 4.63. The van der Waals surface area contributed by atoms with Gasteiger partial charge in [-0.25, -0.2) is 0 Å². The first-order valence-electron chi connectivity index (χ1n) is 4.06. The van der Waals surface area contributed by atoms with E-state index in [0.29, 0.717) is 0 Å². The Morgan fingerprint density at radius 3 is 2.08 bits per heavy atom. The van der Waals surface area contributed by atoms with E-state index in [-0.39, 0.29) is 5.16 Å². The van der Waals surface area contributed by atoms with Crippen molar-refractivity contribution >= 4 is 15.3 Å². The lowest BCUT2D eigenvalue weighted by molar-refractivity contribution is 0.783. The molecule has 0 saturated carbocycles. The van der Waals surface area contributed by atoms with Crippen LogP contribution in [0, 0.1) is 0 Å². The Balaban J connectivity index is 3.00. The van der Waals surface area contributed by atoms with Crippen molar-refractivity contribution in [1.82, 2.24) is 0 Å². The van der Waals surface area contributed by atoms with Crippen molar-refractivity contribution in [2.45, 2.75) is 19.0 Å². The molecule has 0 saturated heterocycles. The molecule has 0 bridgehead atoms. The SMILES string of the molecule is C=Cc1ccc(C(C)(C)P)cc1. The Kier molecular flexibility index (Phi) is 2.69. The Morgan fingerprint density at radius 2 is 1.75 bits per heavy atom. The minimum Gasteiger partial charge on any atom is -0.127 e. The van der Waals surface area contributed by atoms with Gasteiger partial charge in [0, 0.05) is 5.16 Å². The maximum atomic E-state index is 3.72. The molecule has 0 nitrogen and oxygen atoms in total. The molecule has 0 aliphatic carbocycles. The molecular weight excluding hydrogens is 163 g/mol. The van der Waals surface area contributed by atoms with Crippen LogP contribution in [0.25, 0.3) is 6.08 Å². The zero-order valence-corrected chi connectivity index (χ0v) is 8.83. The molecule has 1 unspecified atom stereocenters. The average molecular weight is 178 g/mol. The molecule has 1 heteroatoms. The smallest absolute Gasteiger partial charge is 0.00413 e. The minimum atomic E-state index is 0.166. The van der Waals surface area contributed by atoms with Crippen LogP contribution in [0.5, 0.6) is 0 Å². The van der Waals surface area contributed by atoms with Gasteiger partial charge in [0.25, 0.3) is 0 Å². The predicted octanol–water partition coefficient (Wildman–Crippen LogP) is 3.44. The minimum absolute atomic E-state index is 0.166. The Hall–Kier alpha value is -0.610. The summed E-state index contributed by atoms with van der Waals surface area (Å²) < 4.78 is 0. The number of rotatable bonds is 2. The van der Waals surface area contributed by atoms with Crippen LogP contribution in [0.3, 0.4) is 0 Å². The van der Waals surface area contributed by atoms with E-state index in [1.807, 2.05) is 6.08 Å². The average Bonchev–Trinajstić information content (AvgIpc) is 2.03. The van der Waals surface area contributed by atoms with Crippen LogP contribution in [0.1, 0.15) is 25.0 Å². The lowest BCUT2D eigenvalue weighted by atomic mass is 10.0. The maximum absolute atomic E-state index is 3.72. The van der Waals surface area contributed by atoms with Gasteiger partial charge < -0.3 is 0 Å². The second-order valence-corrected chi connectivity index (χ2v) is 4.99. The van der Waals surface area contributed by atoms with Gasteiger partial charge in [0.2, 0.25) is 0 Å². The summed E-state index contributed by atoms with van der Waals surface area (Å²) in [4.78, 5) is 0. The van der Waals surface area contributed by atoms with Crippen molar-refractivity contribution in [3.05, 3.63) is 42.0 Å². The summed E-state index contributed by atoms with van der Waals surface area (Å²) in [5.74, 6) is 0. The highest BCUT2D eigenvalue weighted by Gasteiger charge is 2.12. The first-order chi connectivity index (χ1) is 5.54. The molecule has 1 rings (SSSR count). The van der Waals surface area contributed by atoms with Crippen molar-refractivity contribution in [2.24, 2.45) is 0 Å². The molecule has 0 aliphatic rings. The number of benzene rings is 1. The van der Waals surface area contributed by atoms with Gasteiger partial charge in [0.1, 0.15) is 0 Å². The molecule has 0 heterocycles. The van der Waals surface area contributed by atoms with Crippen LogP contribution in [-0.2, 0) is 5.16 Å². The van der Waals surface area contributed by atoms with E-state index in [1.54, 1.807) is 0 Å². The summed E-state index contributed by atoms with van der Waals surface area (Å²) in [7, 11) is 2.84. The molecule has 0 aliphatic heterocycles. The predicted molar refractivity (Wildman–Crippen MR) is 59.3 cm³/mol. The second kappa shape index (κ2) is 3.41. The van der Waals surface area contributed by atoms with Gasteiger partial charge in [-0.05, 0) is 11.1 Å². The van der Waals surface area contributed by atoms with E-state index in [0.717, 1.165) is 0 Å². The van der Waals surface area contributed by atoms with Crippen molar-refractivity contribution in [2.75, 3.05) is 0 Å². The highest BCUT2D eigenvalue weighted by atomic mass is 31.0. The van der Waals surface area contributed by atoms with Gasteiger partial charge >= 0.3 is 0 Å². The quantitative estimate of drug-likeness (QED) is 0.608. The zero-order valence-electron chi connectivity index (χ0n) is 7.67. The monoisotopic (exact) mass is 178 g/mol. The van der Waals surface area contributed by atoms with Crippen LogP contribution in [-0.4, -0.2) is 0 Å². The van der Waals surface area contributed by atoms with Gasteiger partial charge in [-0.1, -0.05) is 50.8 Å². The van der Waals surface area contributed by atoms with E-state index in [4.69, 9.17) is 0 Å². The normalized spacial score (nSPS) is 11.2.